The maximum Gasteiger partial charge on any atom is 0.173 e. The van der Waals surface area contributed by atoms with E-state index in [1.54, 1.807) is 6.20 Å². The van der Waals surface area contributed by atoms with Crippen molar-refractivity contribution in [3.8, 4) is 0 Å². The molecule has 0 N–H and O–H groups in total. The maximum absolute atomic E-state index is 6.19. The number of rotatable bonds is 3. The number of hydrogen-bond donors (Lipinski definition) is 0. The van der Waals surface area contributed by atoms with Crippen molar-refractivity contribution in [2.75, 3.05) is 13.1 Å². The van der Waals surface area contributed by atoms with E-state index in [4.69, 9.17) is 28.2 Å². The third kappa shape index (κ3) is 3.84. The summed E-state index contributed by atoms with van der Waals surface area (Å²) in [6.07, 6.45) is 7.78. The van der Waals surface area contributed by atoms with Gasteiger partial charge in [0.25, 0.3) is 0 Å². The second kappa shape index (κ2) is 7.36. The molecule has 2 aliphatic heterocycles. The number of hydrogen-bond acceptors (Lipinski definition) is 5. The van der Waals surface area contributed by atoms with Crippen LogP contribution in [0.1, 0.15) is 41.9 Å². The zero-order valence-electron chi connectivity index (χ0n) is 13.9. The first-order chi connectivity index (χ1) is 12.2. The Balaban J connectivity index is 1.50. The number of pyridine rings is 1. The van der Waals surface area contributed by atoms with Crippen molar-refractivity contribution in [1.29, 1.82) is 0 Å². The highest BCUT2D eigenvalue weighted by Crippen LogP contribution is 2.23. The van der Waals surface area contributed by atoms with Crippen LogP contribution in [0.3, 0.4) is 0 Å². The Kier molecular flexibility index (Phi) is 4.97. The lowest BCUT2D eigenvalue weighted by molar-refractivity contribution is 0.242. The fraction of sp³-hybridized carbons (Fsp3) is 0.444. The molecule has 0 atom stereocenters. The fourth-order valence-corrected chi connectivity index (χ4v) is 3.69. The summed E-state index contributed by atoms with van der Waals surface area (Å²) in [6.45, 7) is 3.36. The Labute approximate surface area is 157 Å². The van der Waals surface area contributed by atoms with Crippen LogP contribution in [0.2, 0.25) is 10.2 Å². The molecule has 0 unspecified atom stereocenters. The highest BCUT2D eigenvalue weighted by Gasteiger charge is 2.21. The van der Waals surface area contributed by atoms with Gasteiger partial charge in [-0.15, -0.1) is 0 Å². The summed E-state index contributed by atoms with van der Waals surface area (Å²) in [4.78, 5) is 20.4. The summed E-state index contributed by atoms with van der Waals surface area (Å²) in [5, 5.41) is 1.12. The van der Waals surface area contributed by atoms with Crippen LogP contribution < -0.4 is 0 Å². The van der Waals surface area contributed by atoms with Crippen LogP contribution in [-0.2, 0) is 19.5 Å². The molecular weight excluding hydrogens is 357 g/mol. The first-order valence-electron chi connectivity index (χ1n) is 8.60. The minimum Gasteiger partial charge on any atom is -0.294 e. The first-order valence-corrected chi connectivity index (χ1v) is 9.35. The Morgan fingerprint density at radius 1 is 1.08 bits per heavy atom. The molecule has 4 heterocycles. The van der Waals surface area contributed by atoms with Crippen molar-refractivity contribution in [3.05, 3.63) is 51.3 Å². The number of aliphatic imine (C=N–C) groups is 1. The van der Waals surface area contributed by atoms with Crippen LogP contribution in [0.4, 0.5) is 0 Å². The van der Waals surface area contributed by atoms with Crippen LogP contribution in [-0.4, -0.2) is 38.7 Å². The quantitative estimate of drug-likeness (QED) is 0.767. The van der Waals surface area contributed by atoms with Gasteiger partial charge in [0, 0.05) is 56.1 Å². The summed E-state index contributed by atoms with van der Waals surface area (Å²) in [7, 11) is 0. The predicted octanol–water partition coefficient (Wildman–Crippen LogP) is 3.71. The van der Waals surface area contributed by atoms with Crippen LogP contribution in [0.5, 0.6) is 0 Å². The van der Waals surface area contributed by atoms with Gasteiger partial charge in [0.1, 0.15) is 5.15 Å². The van der Waals surface area contributed by atoms with E-state index >= 15 is 0 Å². The van der Waals surface area contributed by atoms with Crippen molar-refractivity contribution < 1.29 is 0 Å². The van der Waals surface area contributed by atoms with Crippen molar-refractivity contribution in [2.24, 2.45) is 4.99 Å². The Morgan fingerprint density at radius 2 is 2.00 bits per heavy atom. The Bertz CT molecular complexity index is 821. The van der Waals surface area contributed by atoms with E-state index in [1.165, 1.54) is 18.4 Å². The van der Waals surface area contributed by atoms with E-state index in [-0.39, 0.29) is 0 Å². The van der Waals surface area contributed by atoms with Crippen LogP contribution in [0.25, 0.3) is 0 Å². The van der Waals surface area contributed by atoms with E-state index < -0.39 is 0 Å². The normalized spacial score (nSPS) is 17.9. The van der Waals surface area contributed by atoms with Crippen molar-refractivity contribution in [1.82, 2.24) is 19.9 Å². The Hall–Kier alpha value is -1.56. The van der Waals surface area contributed by atoms with Crippen molar-refractivity contribution in [2.45, 2.75) is 38.8 Å². The molecule has 7 heteroatoms. The van der Waals surface area contributed by atoms with Gasteiger partial charge in [-0.05, 0) is 25.3 Å². The molecule has 0 amide bonds. The largest absolute Gasteiger partial charge is 0.294 e. The third-order valence-electron chi connectivity index (χ3n) is 4.67. The standard InChI is InChI=1S/C18H19Cl2N5/c19-14-7-12(17(20)22-9-14)10-25-6-4-15-13(11-25)8-23-18(24-15)16-3-1-2-5-21-16/h7-9H,1-6,10-11H2. The molecule has 0 spiro atoms. The van der Waals surface area contributed by atoms with E-state index in [0.29, 0.717) is 10.2 Å². The molecule has 0 bridgehead atoms. The second-order valence-electron chi connectivity index (χ2n) is 6.52. The predicted molar refractivity (Wildman–Crippen MR) is 99.4 cm³/mol. The smallest absolute Gasteiger partial charge is 0.173 e. The van der Waals surface area contributed by atoms with Crippen molar-refractivity contribution in [3.63, 3.8) is 0 Å². The molecule has 2 aromatic rings. The molecule has 0 aliphatic carbocycles. The molecule has 4 rings (SSSR count). The molecule has 2 aromatic heterocycles. The summed E-state index contributed by atoms with van der Waals surface area (Å²) in [5.74, 6) is 0.814. The third-order valence-corrected chi connectivity index (χ3v) is 5.21. The zero-order valence-corrected chi connectivity index (χ0v) is 15.4. The SMILES string of the molecule is Clc1cnc(Cl)c(CN2CCc3nc(C4=NCCCC4)ncc3C2)c1. The molecule has 130 valence electrons. The van der Waals surface area contributed by atoms with E-state index in [1.807, 2.05) is 12.3 Å². The van der Waals surface area contributed by atoms with Crippen LogP contribution >= 0.6 is 23.2 Å². The minimum absolute atomic E-state index is 0.511. The summed E-state index contributed by atoms with van der Waals surface area (Å²) in [5.41, 5.74) is 4.34. The van der Waals surface area contributed by atoms with Gasteiger partial charge in [0.05, 0.1) is 16.4 Å². The average Bonchev–Trinajstić information content (AvgIpc) is 2.65. The highest BCUT2D eigenvalue weighted by molar-refractivity contribution is 6.32. The van der Waals surface area contributed by atoms with Gasteiger partial charge in [-0.1, -0.05) is 23.2 Å². The van der Waals surface area contributed by atoms with Crippen LogP contribution in [0, 0.1) is 0 Å². The summed E-state index contributed by atoms with van der Waals surface area (Å²) in [6, 6.07) is 1.88. The molecule has 0 aromatic carbocycles. The van der Waals surface area contributed by atoms with Gasteiger partial charge in [0.15, 0.2) is 5.82 Å². The first kappa shape index (κ1) is 16.9. The average molecular weight is 376 g/mol. The molecule has 0 fully saturated rings. The Morgan fingerprint density at radius 3 is 2.84 bits per heavy atom. The number of halogens is 2. The van der Waals surface area contributed by atoms with Gasteiger partial charge in [-0.2, -0.15) is 0 Å². The van der Waals surface area contributed by atoms with E-state index in [9.17, 15) is 0 Å². The molecular formula is C18H19Cl2N5. The zero-order chi connectivity index (χ0) is 17.2. The summed E-state index contributed by atoms with van der Waals surface area (Å²) < 4.78 is 0. The van der Waals surface area contributed by atoms with Gasteiger partial charge < -0.3 is 0 Å². The molecule has 0 saturated carbocycles. The van der Waals surface area contributed by atoms with Crippen molar-refractivity contribution >= 4 is 28.9 Å². The highest BCUT2D eigenvalue weighted by atomic mass is 35.5. The molecule has 2 aliphatic rings. The second-order valence-corrected chi connectivity index (χ2v) is 7.31. The number of nitrogens with zero attached hydrogens (tertiary/aromatic N) is 5. The van der Waals surface area contributed by atoms with E-state index in [2.05, 4.69) is 19.9 Å². The lowest BCUT2D eigenvalue weighted by Gasteiger charge is -2.28. The van der Waals surface area contributed by atoms with Crippen LogP contribution in [0.15, 0.2) is 23.5 Å². The molecule has 0 saturated heterocycles. The fourth-order valence-electron chi connectivity index (χ4n) is 3.34. The lowest BCUT2D eigenvalue weighted by Crippen LogP contribution is -2.31. The van der Waals surface area contributed by atoms with Gasteiger partial charge in [-0.3, -0.25) is 9.89 Å². The topological polar surface area (TPSA) is 54.3 Å². The number of fused-ring (bicyclic) bond motifs is 1. The lowest BCUT2D eigenvalue weighted by atomic mass is 10.0. The summed E-state index contributed by atoms with van der Waals surface area (Å²) >= 11 is 12.2. The number of aromatic nitrogens is 3. The van der Waals surface area contributed by atoms with Gasteiger partial charge in [0.2, 0.25) is 0 Å². The minimum atomic E-state index is 0.511. The molecule has 25 heavy (non-hydrogen) atoms. The van der Waals surface area contributed by atoms with Gasteiger partial charge >= 0.3 is 0 Å². The molecule has 5 nitrogen and oxygen atoms in total. The monoisotopic (exact) mass is 375 g/mol. The van der Waals surface area contributed by atoms with E-state index in [0.717, 1.165) is 61.8 Å². The maximum atomic E-state index is 6.19. The van der Waals surface area contributed by atoms with Gasteiger partial charge in [-0.25, -0.2) is 15.0 Å². The molecule has 0 radical (unpaired) electrons.